The summed E-state index contributed by atoms with van der Waals surface area (Å²) < 4.78 is 85.7. The number of piperazine rings is 1. The number of amides is 1. The van der Waals surface area contributed by atoms with Crippen LogP contribution in [0.25, 0.3) is 16.9 Å². The molecule has 2 atom stereocenters. The fourth-order valence-corrected chi connectivity index (χ4v) is 5.98. The van der Waals surface area contributed by atoms with Gasteiger partial charge in [0.1, 0.15) is 11.3 Å². The summed E-state index contributed by atoms with van der Waals surface area (Å²) in [6.45, 7) is 3.18. The van der Waals surface area contributed by atoms with Gasteiger partial charge in [-0.15, -0.1) is 8.78 Å². The van der Waals surface area contributed by atoms with Crippen molar-refractivity contribution in [2.24, 2.45) is 0 Å². The van der Waals surface area contributed by atoms with E-state index in [-0.39, 0.29) is 53.6 Å². The summed E-state index contributed by atoms with van der Waals surface area (Å²) >= 11 is 0. The van der Waals surface area contributed by atoms with Crippen LogP contribution in [0.5, 0.6) is 17.2 Å². The second-order valence-corrected chi connectivity index (χ2v) is 10.8. The zero-order valence-electron chi connectivity index (χ0n) is 24.3. The summed E-state index contributed by atoms with van der Waals surface area (Å²) in [6, 6.07) is 9.54. The monoisotopic (exact) mass is 633 g/mol. The smallest absolute Gasteiger partial charge is 0.497 e. The lowest BCUT2D eigenvalue weighted by atomic mass is 10.0. The number of para-hydroxylation sites is 1. The quantitative estimate of drug-likeness (QED) is 0.299. The molecule has 2 aliphatic rings. The van der Waals surface area contributed by atoms with Crippen LogP contribution in [0, 0.1) is 6.92 Å². The highest BCUT2D eigenvalue weighted by atomic mass is 19.4. The second-order valence-electron chi connectivity index (χ2n) is 10.8. The van der Waals surface area contributed by atoms with E-state index in [0.29, 0.717) is 21.4 Å². The summed E-state index contributed by atoms with van der Waals surface area (Å²) in [5.41, 5.74) is -0.813. The van der Waals surface area contributed by atoms with Crippen LogP contribution < -0.4 is 14.2 Å². The number of hydrogen-bond donors (Lipinski definition) is 1. The zero-order valence-corrected chi connectivity index (χ0v) is 24.3. The van der Waals surface area contributed by atoms with Crippen molar-refractivity contribution in [2.45, 2.75) is 38.4 Å². The Hall–Kier alpha value is -4.50. The van der Waals surface area contributed by atoms with E-state index >= 15 is 0 Å². The molecule has 4 heterocycles. The maximum atomic E-state index is 14.3. The molecule has 1 fully saturated rings. The molecule has 10 nitrogen and oxygen atoms in total. The third-order valence-corrected chi connectivity index (χ3v) is 8.10. The van der Waals surface area contributed by atoms with Crippen molar-refractivity contribution >= 4 is 11.6 Å². The normalized spacial score (nSPS) is 18.8. The van der Waals surface area contributed by atoms with E-state index in [1.165, 1.54) is 31.1 Å². The number of fused-ring (bicyclic) bond motifs is 2. The van der Waals surface area contributed by atoms with E-state index in [1.54, 1.807) is 37.3 Å². The topological polar surface area (TPSA) is 102 Å². The van der Waals surface area contributed by atoms with Gasteiger partial charge >= 0.3 is 12.5 Å². The van der Waals surface area contributed by atoms with Gasteiger partial charge in [0, 0.05) is 42.4 Å². The molecule has 1 unspecified atom stereocenters. The molecule has 2 aromatic heterocycles. The molecule has 2 aromatic carbocycles. The molecule has 238 valence electrons. The van der Waals surface area contributed by atoms with Crippen LogP contribution in [0.3, 0.4) is 0 Å². The van der Waals surface area contributed by atoms with Crippen molar-refractivity contribution in [1.82, 2.24) is 24.4 Å². The van der Waals surface area contributed by atoms with Crippen LogP contribution in [0.15, 0.2) is 48.7 Å². The van der Waals surface area contributed by atoms with Gasteiger partial charge in [0.25, 0.3) is 5.91 Å². The third-order valence-electron chi connectivity index (χ3n) is 8.10. The van der Waals surface area contributed by atoms with Crippen molar-refractivity contribution < 1.29 is 46.1 Å². The Balaban J connectivity index is 1.31. The van der Waals surface area contributed by atoms with Gasteiger partial charge in [0.15, 0.2) is 22.8 Å². The lowest BCUT2D eigenvalue weighted by Gasteiger charge is -2.43. The minimum absolute atomic E-state index is 0.0443. The van der Waals surface area contributed by atoms with Gasteiger partial charge in [-0.05, 0) is 44.2 Å². The van der Waals surface area contributed by atoms with Gasteiger partial charge in [-0.3, -0.25) is 9.69 Å². The van der Waals surface area contributed by atoms with Gasteiger partial charge in [-0.25, -0.2) is 9.50 Å². The molecule has 15 heteroatoms. The number of aromatic nitrogens is 3. The maximum absolute atomic E-state index is 14.3. The summed E-state index contributed by atoms with van der Waals surface area (Å²) in [5.74, 6) is -0.380. The second kappa shape index (κ2) is 11.1. The minimum Gasteiger partial charge on any atom is -0.497 e. The first-order valence-corrected chi connectivity index (χ1v) is 14.0. The number of halogens is 5. The molecule has 4 aromatic rings. The first-order chi connectivity index (χ1) is 21.3. The number of ether oxygens (including phenoxy) is 3. The highest BCUT2D eigenvalue weighted by Crippen LogP contribution is 2.46. The summed E-state index contributed by atoms with van der Waals surface area (Å²) in [4.78, 5) is 21.7. The molecule has 0 radical (unpaired) electrons. The van der Waals surface area contributed by atoms with Crippen molar-refractivity contribution in [3.05, 3.63) is 71.0 Å². The number of methoxy groups -OCH3 is 1. The van der Waals surface area contributed by atoms with Crippen molar-refractivity contribution in [3.8, 4) is 28.5 Å². The molecule has 1 saturated heterocycles. The Kier molecular flexibility index (Phi) is 7.56. The van der Waals surface area contributed by atoms with E-state index in [4.69, 9.17) is 9.47 Å². The Morgan fingerprint density at radius 3 is 2.53 bits per heavy atom. The number of aliphatic hydroxyl groups excluding tert-OH is 1. The molecule has 1 amide bonds. The van der Waals surface area contributed by atoms with E-state index in [1.807, 2.05) is 4.90 Å². The van der Waals surface area contributed by atoms with E-state index in [0.717, 1.165) is 6.20 Å². The fraction of sp³-hybridized carbons (Fsp3) is 0.367. The van der Waals surface area contributed by atoms with Crippen LogP contribution in [0.2, 0.25) is 0 Å². The molecule has 2 aliphatic heterocycles. The van der Waals surface area contributed by atoms with Gasteiger partial charge in [-0.1, -0.05) is 12.1 Å². The van der Waals surface area contributed by atoms with Gasteiger partial charge in [0.2, 0.25) is 0 Å². The molecule has 6 rings (SSSR count). The van der Waals surface area contributed by atoms with Gasteiger partial charge in [-0.2, -0.15) is 18.3 Å². The number of alkyl halides is 5. The number of rotatable bonds is 6. The van der Waals surface area contributed by atoms with E-state index in [9.17, 15) is 31.9 Å². The first-order valence-electron chi connectivity index (χ1n) is 14.0. The largest absolute Gasteiger partial charge is 0.586 e. The molecule has 1 N–H and O–H groups in total. The molecular weight excluding hydrogens is 605 g/mol. The standard InChI is InChI=1S/C30H28F5N5O5/c1-16-14-38(22(15-41)20-5-4-6-23-25(20)45-30(34,35)44-23)11-12-39(16)28(42)21-13-36-40-26(29(31,32)33)17(2)24(37-27(21)40)18-7-9-19(43-3)10-8-18/h4-10,13,16,22,41H,11-12,14-15H2,1-3H3/t16-,22?/m1/s1. The number of hydrogen-bond acceptors (Lipinski definition) is 8. The maximum Gasteiger partial charge on any atom is 0.586 e. The van der Waals surface area contributed by atoms with Crippen LogP contribution in [-0.2, 0) is 6.18 Å². The lowest BCUT2D eigenvalue weighted by Crippen LogP contribution is -2.55. The minimum atomic E-state index is -4.80. The predicted molar refractivity (Wildman–Crippen MR) is 149 cm³/mol. The fourth-order valence-electron chi connectivity index (χ4n) is 5.98. The van der Waals surface area contributed by atoms with Crippen molar-refractivity contribution in [3.63, 3.8) is 0 Å². The molecule has 0 aliphatic carbocycles. The number of nitrogens with zero attached hydrogens (tertiary/aromatic N) is 5. The van der Waals surface area contributed by atoms with Crippen molar-refractivity contribution in [1.29, 1.82) is 0 Å². The van der Waals surface area contributed by atoms with E-state index in [2.05, 4.69) is 14.8 Å². The Morgan fingerprint density at radius 2 is 1.89 bits per heavy atom. The van der Waals surface area contributed by atoms with E-state index < -0.39 is 42.8 Å². The first kappa shape index (κ1) is 30.5. The Labute approximate surface area is 253 Å². The Bertz CT molecular complexity index is 1760. The average molecular weight is 634 g/mol. The number of carbonyl (C=O) groups is 1. The highest BCUT2D eigenvalue weighted by molar-refractivity contribution is 6.00. The summed E-state index contributed by atoms with van der Waals surface area (Å²) in [6.07, 6.45) is -7.55. The third kappa shape index (κ3) is 5.39. The lowest BCUT2D eigenvalue weighted by molar-refractivity contribution is -0.287. The van der Waals surface area contributed by atoms with Gasteiger partial charge < -0.3 is 24.2 Å². The molecule has 45 heavy (non-hydrogen) atoms. The number of carbonyl (C=O) groups excluding carboxylic acids is 1. The SMILES string of the molecule is COc1ccc(-c2nc3c(C(=O)N4CCN(C(CO)c5cccc6c5OC(F)(F)O6)C[C@H]4C)cnn3c(C(F)(F)F)c2C)cc1. The van der Waals surface area contributed by atoms with Crippen molar-refractivity contribution in [2.75, 3.05) is 33.4 Å². The van der Waals surface area contributed by atoms with Crippen LogP contribution in [-0.4, -0.2) is 81.1 Å². The molecule has 0 bridgehead atoms. The van der Waals surface area contributed by atoms with Crippen LogP contribution in [0.1, 0.15) is 40.1 Å². The number of aliphatic hydroxyl groups is 1. The summed E-state index contributed by atoms with van der Waals surface area (Å²) in [7, 11) is 1.47. The highest BCUT2D eigenvalue weighted by Gasteiger charge is 2.46. The molecular formula is C30H28F5N5O5. The average Bonchev–Trinajstić information content (AvgIpc) is 3.55. The van der Waals surface area contributed by atoms with Crippen LogP contribution >= 0.6 is 0 Å². The van der Waals surface area contributed by atoms with Crippen LogP contribution in [0.4, 0.5) is 22.0 Å². The predicted octanol–water partition coefficient (Wildman–Crippen LogP) is 4.93. The zero-order chi connectivity index (χ0) is 32.3. The Morgan fingerprint density at radius 1 is 1.16 bits per heavy atom. The molecule has 0 saturated carbocycles. The molecule has 0 spiro atoms. The van der Waals surface area contributed by atoms with Gasteiger partial charge in [0.05, 0.1) is 31.6 Å². The summed E-state index contributed by atoms with van der Waals surface area (Å²) in [5, 5.41) is 14.2. The number of benzene rings is 2.